The molecule has 2 amide bonds. The van der Waals surface area contributed by atoms with Gasteiger partial charge in [-0.2, -0.15) is 0 Å². The second-order valence-corrected chi connectivity index (χ2v) is 9.51. The monoisotopic (exact) mass is 478 g/mol. The highest BCUT2D eigenvalue weighted by atomic mass is 16.5. The Morgan fingerprint density at radius 1 is 0.914 bits per heavy atom. The van der Waals surface area contributed by atoms with Crippen molar-refractivity contribution < 1.29 is 24.2 Å². The van der Waals surface area contributed by atoms with Gasteiger partial charge in [0.15, 0.2) is 0 Å². The third-order valence-electron chi connectivity index (χ3n) is 7.18. The highest BCUT2D eigenvalue weighted by molar-refractivity contribution is 5.79. The van der Waals surface area contributed by atoms with Gasteiger partial charge in [0.1, 0.15) is 6.61 Å². The number of carboxylic acid groups (broad SMARTS) is 1. The molecule has 35 heavy (non-hydrogen) atoms. The predicted octanol–water partition coefficient (Wildman–Crippen LogP) is 4.85. The minimum Gasteiger partial charge on any atom is -0.481 e. The summed E-state index contributed by atoms with van der Waals surface area (Å²) in [6.45, 7) is 0.622. The van der Waals surface area contributed by atoms with E-state index in [0.29, 0.717) is 25.8 Å². The van der Waals surface area contributed by atoms with Gasteiger partial charge in [-0.3, -0.25) is 9.59 Å². The average Bonchev–Trinajstić information content (AvgIpc) is 3.18. The fourth-order valence-electron chi connectivity index (χ4n) is 5.42. The van der Waals surface area contributed by atoms with Gasteiger partial charge >= 0.3 is 12.1 Å². The molecule has 2 atom stereocenters. The van der Waals surface area contributed by atoms with E-state index in [1.807, 2.05) is 24.3 Å². The highest BCUT2D eigenvalue weighted by Gasteiger charge is 2.29. The fraction of sp³-hybridized carbons (Fsp3) is 0.464. The van der Waals surface area contributed by atoms with Crippen LogP contribution in [0.1, 0.15) is 68.4 Å². The standard InChI is InChI=1S/C28H34N2O5/c31-26(30-25-13-6-1-8-19(25)15-16-27(32)33)14-7-17-29-28(34)35-18-24-22-11-4-2-9-20(22)21-10-3-5-12-23(21)24/h2-5,9-12,19,24-25H,1,6-8,13-18H2,(H,29,34)(H,30,31)(H,32,33). The number of carboxylic acids is 1. The van der Waals surface area contributed by atoms with Crippen molar-refractivity contribution in [3.63, 3.8) is 0 Å². The van der Waals surface area contributed by atoms with Crippen molar-refractivity contribution in [1.29, 1.82) is 0 Å². The van der Waals surface area contributed by atoms with Crippen LogP contribution in [0, 0.1) is 5.92 Å². The van der Waals surface area contributed by atoms with Gasteiger partial charge in [-0.25, -0.2) is 4.79 Å². The van der Waals surface area contributed by atoms with Gasteiger partial charge in [0, 0.05) is 31.3 Å². The number of ether oxygens (including phenoxy) is 1. The third-order valence-corrected chi connectivity index (χ3v) is 7.18. The lowest BCUT2D eigenvalue weighted by Crippen LogP contribution is -2.42. The van der Waals surface area contributed by atoms with Crippen LogP contribution in [0.4, 0.5) is 4.79 Å². The third kappa shape index (κ3) is 6.41. The smallest absolute Gasteiger partial charge is 0.407 e. The Hall–Kier alpha value is -3.35. The number of rotatable bonds is 10. The van der Waals surface area contributed by atoms with Crippen LogP contribution in [-0.4, -0.2) is 42.3 Å². The average molecular weight is 479 g/mol. The molecule has 2 aromatic rings. The molecule has 0 bridgehead atoms. The van der Waals surface area contributed by atoms with E-state index in [1.165, 1.54) is 22.3 Å². The van der Waals surface area contributed by atoms with Gasteiger partial charge in [-0.05, 0) is 53.9 Å². The van der Waals surface area contributed by atoms with Crippen LogP contribution in [0.25, 0.3) is 11.1 Å². The van der Waals surface area contributed by atoms with E-state index < -0.39 is 12.1 Å². The molecule has 1 fully saturated rings. The molecule has 0 radical (unpaired) electrons. The molecule has 4 rings (SSSR count). The van der Waals surface area contributed by atoms with E-state index in [2.05, 4.69) is 34.9 Å². The number of aliphatic carboxylic acids is 1. The largest absolute Gasteiger partial charge is 0.481 e. The summed E-state index contributed by atoms with van der Waals surface area (Å²) in [4.78, 5) is 35.6. The van der Waals surface area contributed by atoms with E-state index >= 15 is 0 Å². The summed E-state index contributed by atoms with van der Waals surface area (Å²) in [5.74, 6) is -0.599. The maximum absolute atomic E-state index is 12.4. The quantitative estimate of drug-likeness (QED) is 0.424. The number of fused-ring (bicyclic) bond motifs is 3. The van der Waals surface area contributed by atoms with Crippen molar-refractivity contribution in [1.82, 2.24) is 10.6 Å². The molecule has 0 aliphatic heterocycles. The van der Waals surface area contributed by atoms with Crippen molar-refractivity contribution in [2.75, 3.05) is 13.2 Å². The van der Waals surface area contributed by atoms with Crippen molar-refractivity contribution in [2.24, 2.45) is 5.92 Å². The molecule has 1 saturated carbocycles. The summed E-state index contributed by atoms with van der Waals surface area (Å²) in [7, 11) is 0. The van der Waals surface area contributed by atoms with Crippen LogP contribution in [-0.2, 0) is 14.3 Å². The van der Waals surface area contributed by atoms with Crippen molar-refractivity contribution in [3.8, 4) is 11.1 Å². The molecule has 7 heteroatoms. The Morgan fingerprint density at radius 2 is 1.57 bits per heavy atom. The molecule has 7 nitrogen and oxygen atoms in total. The normalized spacial score (nSPS) is 18.9. The number of alkyl carbamates (subject to hydrolysis) is 1. The number of carbonyl (C=O) groups excluding carboxylic acids is 2. The van der Waals surface area contributed by atoms with E-state index in [-0.39, 0.29) is 36.8 Å². The Kier molecular flexibility index (Phi) is 8.40. The van der Waals surface area contributed by atoms with Crippen LogP contribution in [0.5, 0.6) is 0 Å². The number of hydrogen-bond acceptors (Lipinski definition) is 4. The van der Waals surface area contributed by atoms with E-state index in [1.54, 1.807) is 0 Å². The van der Waals surface area contributed by atoms with Crippen LogP contribution >= 0.6 is 0 Å². The molecule has 2 aliphatic carbocycles. The molecule has 0 heterocycles. The minimum atomic E-state index is -0.792. The molecular formula is C28H34N2O5. The fourth-order valence-corrected chi connectivity index (χ4v) is 5.42. The zero-order chi connectivity index (χ0) is 24.6. The van der Waals surface area contributed by atoms with E-state index in [0.717, 1.165) is 25.7 Å². The minimum absolute atomic E-state index is 0.0171. The van der Waals surface area contributed by atoms with Crippen molar-refractivity contribution in [3.05, 3.63) is 59.7 Å². The molecule has 0 spiro atoms. The molecule has 2 unspecified atom stereocenters. The van der Waals surface area contributed by atoms with Crippen LogP contribution in [0.3, 0.4) is 0 Å². The Morgan fingerprint density at radius 3 is 2.26 bits per heavy atom. The Labute approximate surface area is 206 Å². The molecule has 3 N–H and O–H groups in total. The number of carbonyl (C=O) groups is 3. The molecule has 2 aromatic carbocycles. The summed E-state index contributed by atoms with van der Waals surface area (Å²) in [6.07, 6.45) is 5.08. The lowest BCUT2D eigenvalue weighted by atomic mass is 9.81. The summed E-state index contributed by atoms with van der Waals surface area (Å²) in [6, 6.07) is 16.5. The van der Waals surface area contributed by atoms with Gasteiger partial charge < -0.3 is 20.5 Å². The number of hydrogen-bond donors (Lipinski definition) is 3. The molecule has 186 valence electrons. The Balaban J connectivity index is 1.17. The lowest BCUT2D eigenvalue weighted by molar-refractivity contribution is -0.137. The van der Waals surface area contributed by atoms with Gasteiger partial charge in [0.2, 0.25) is 5.91 Å². The van der Waals surface area contributed by atoms with Crippen molar-refractivity contribution >= 4 is 18.0 Å². The van der Waals surface area contributed by atoms with E-state index in [4.69, 9.17) is 9.84 Å². The SMILES string of the molecule is O=C(O)CCC1CCCCC1NC(=O)CCCNC(=O)OCC1c2ccccc2-c2ccccc21. The maximum Gasteiger partial charge on any atom is 0.407 e. The number of benzene rings is 2. The number of nitrogens with one attached hydrogen (secondary N) is 2. The first-order valence-electron chi connectivity index (χ1n) is 12.6. The molecule has 0 saturated heterocycles. The molecule has 0 aromatic heterocycles. The summed E-state index contributed by atoms with van der Waals surface area (Å²) in [5.41, 5.74) is 4.71. The maximum atomic E-state index is 12.4. The summed E-state index contributed by atoms with van der Waals surface area (Å²) < 4.78 is 5.53. The van der Waals surface area contributed by atoms with Crippen LogP contribution < -0.4 is 10.6 Å². The van der Waals surface area contributed by atoms with E-state index in [9.17, 15) is 14.4 Å². The zero-order valence-corrected chi connectivity index (χ0v) is 20.0. The van der Waals surface area contributed by atoms with Gasteiger partial charge in [0.25, 0.3) is 0 Å². The highest BCUT2D eigenvalue weighted by Crippen LogP contribution is 2.44. The predicted molar refractivity (Wildman–Crippen MR) is 133 cm³/mol. The Bertz CT molecular complexity index is 1010. The first kappa shape index (κ1) is 24.8. The number of amides is 2. The van der Waals surface area contributed by atoms with Gasteiger partial charge in [-0.1, -0.05) is 61.4 Å². The second-order valence-electron chi connectivity index (χ2n) is 9.51. The van der Waals surface area contributed by atoms with Gasteiger partial charge in [-0.15, -0.1) is 0 Å². The first-order chi connectivity index (χ1) is 17.0. The van der Waals surface area contributed by atoms with Crippen LogP contribution in [0.2, 0.25) is 0 Å². The lowest BCUT2D eigenvalue weighted by Gasteiger charge is -2.32. The van der Waals surface area contributed by atoms with Crippen LogP contribution in [0.15, 0.2) is 48.5 Å². The molecular weight excluding hydrogens is 444 g/mol. The zero-order valence-electron chi connectivity index (χ0n) is 20.0. The molecule has 2 aliphatic rings. The van der Waals surface area contributed by atoms with Gasteiger partial charge in [0.05, 0.1) is 0 Å². The first-order valence-corrected chi connectivity index (χ1v) is 12.6. The topological polar surface area (TPSA) is 105 Å². The van der Waals surface area contributed by atoms with Crippen molar-refractivity contribution in [2.45, 2.75) is 63.3 Å². The summed E-state index contributed by atoms with van der Waals surface area (Å²) >= 11 is 0. The summed E-state index contributed by atoms with van der Waals surface area (Å²) in [5, 5.41) is 14.8. The second kappa shape index (κ2) is 11.9.